The van der Waals surface area contributed by atoms with Crippen LogP contribution in [0.5, 0.6) is 5.75 Å². The Hall–Kier alpha value is -1.01. The predicted octanol–water partition coefficient (Wildman–Crippen LogP) is 2.29. The van der Waals surface area contributed by atoms with E-state index in [1.165, 1.54) is 37.5 Å². The normalized spacial score (nSPS) is 17.6. The van der Waals surface area contributed by atoms with Crippen LogP contribution in [0.1, 0.15) is 26.7 Å². The van der Waals surface area contributed by atoms with Gasteiger partial charge in [-0.2, -0.15) is 4.37 Å². The predicted molar refractivity (Wildman–Crippen MR) is 85.8 cm³/mol. The number of rotatable bonds is 5. The van der Waals surface area contributed by atoms with Gasteiger partial charge in [-0.05, 0) is 64.3 Å². The standard InChI is InChI=1S/C14H26N4OS/c1-10(2)19-12-13(15)16-20-14(12)18(4)9-11-5-7-17(3)8-6-11/h10-11H,5-9H2,1-4H3,(H2,15,16). The quantitative estimate of drug-likeness (QED) is 0.904. The molecule has 6 heteroatoms. The Morgan fingerprint density at radius 3 is 2.70 bits per heavy atom. The van der Waals surface area contributed by atoms with Gasteiger partial charge < -0.3 is 20.3 Å². The van der Waals surface area contributed by atoms with Crippen LogP contribution in [0.3, 0.4) is 0 Å². The number of hydrogen-bond acceptors (Lipinski definition) is 6. The maximum Gasteiger partial charge on any atom is 0.198 e. The van der Waals surface area contributed by atoms with E-state index in [0.717, 1.165) is 23.2 Å². The molecule has 1 aliphatic heterocycles. The minimum Gasteiger partial charge on any atom is -0.484 e. The highest BCUT2D eigenvalue weighted by atomic mass is 32.1. The second-order valence-electron chi connectivity index (χ2n) is 6.00. The van der Waals surface area contributed by atoms with Gasteiger partial charge >= 0.3 is 0 Å². The highest BCUT2D eigenvalue weighted by molar-refractivity contribution is 7.11. The zero-order valence-corrected chi connectivity index (χ0v) is 13.7. The molecule has 5 nitrogen and oxygen atoms in total. The second-order valence-corrected chi connectivity index (χ2v) is 6.75. The number of aromatic nitrogens is 1. The molecule has 0 saturated carbocycles. The Balaban J connectivity index is 2.00. The van der Waals surface area contributed by atoms with Crippen LogP contribution in [0.2, 0.25) is 0 Å². The molecule has 0 atom stereocenters. The summed E-state index contributed by atoms with van der Waals surface area (Å²) >= 11 is 1.43. The fourth-order valence-corrected chi connectivity index (χ4v) is 3.31. The Bertz CT molecular complexity index is 427. The van der Waals surface area contributed by atoms with Gasteiger partial charge in [-0.1, -0.05) is 0 Å². The first-order valence-electron chi connectivity index (χ1n) is 7.28. The molecule has 1 aromatic rings. The summed E-state index contributed by atoms with van der Waals surface area (Å²) in [7, 11) is 4.30. The fourth-order valence-electron chi connectivity index (χ4n) is 2.59. The number of ether oxygens (including phenoxy) is 1. The summed E-state index contributed by atoms with van der Waals surface area (Å²) in [4.78, 5) is 4.65. The van der Waals surface area contributed by atoms with Crippen molar-refractivity contribution in [2.75, 3.05) is 44.4 Å². The van der Waals surface area contributed by atoms with Crippen LogP contribution in [0.25, 0.3) is 0 Å². The molecule has 0 radical (unpaired) electrons. The fraction of sp³-hybridized carbons (Fsp3) is 0.786. The van der Waals surface area contributed by atoms with Gasteiger partial charge in [-0.3, -0.25) is 0 Å². The molecule has 0 aliphatic carbocycles. The van der Waals surface area contributed by atoms with Crippen molar-refractivity contribution in [3.05, 3.63) is 0 Å². The molecule has 0 spiro atoms. The Morgan fingerprint density at radius 2 is 2.10 bits per heavy atom. The van der Waals surface area contributed by atoms with Gasteiger partial charge in [-0.15, -0.1) is 0 Å². The van der Waals surface area contributed by atoms with Crippen LogP contribution in [0.15, 0.2) is 0 Å². The lowest BCUT2D eigenvalue weighted by Gasteiger charge is -2.32. The first-order chi connectivity index (χ1) is 9.47. The highest BCUT2D eigenvalue weighted by Crippen LogP contribution is 2.39. The molecule has 2 rings (SSSR count). The Morgan fingerprint density at radius 1 is 1.45 bits per heavy atom. The second kappa shape index (κ2) is 6.63. The van der Waals surface area contributed by atoms with Gasteiger partial charge in [0.25, 0.3) is 0 Å². The monoisotopic (exact) mass is 298 g/mol. The van der Waals surface area contributed by atoms with Crippen molar-refractivity contribution in [1.82, 2.24) is 9.27 Å². The van der Waals surface area contributed by atoms with E-state index in [0.29, 0.717) is 5.82 Å². The van der Waals surface area contributed by atoms with Crippen molar-refractivity contribution in [3.63, 3.8) is 0 Å². The van der Waals surface area contributed by atoms with Gasteiger partial charge in [0.2, 0.25) is 0 Å². The molecular formula is C14H26N4OS. The number of anilines is 2. The van der Waals surface area contributed by atoms with Crippen LogP contribution in [-0.4, -0.2) is 49.1 Å². The molecule has 20 heavy (non-hydrogen) atoms. The highest BCUT2D eigenvalue weighted by Gasteiger charge is 2.22. The van der Waals surface area contributed by atoms with Gasteiger partial charge in [0.05, 0.1) is 6.10 Å². The third-order valence-electron chi connectivity index (χ3n) is 3.73. The summed E-state index contributed by atoms with van der Waals surface area (Å²) in [5.41, 5.74) is 5.92. The van der Waals surface area contributed by atoms with Crippen LogP contribution in [-0.2, 0) is 0 Å². The van der Waals surface area contributed by atoms with E-state index in [1.807, 2.05) is 13.8 Å². The molecule has 114 valence electrons. The summed E-state index contributed by atoms with van der Waals surface area (Å²) in [5, 5.41) is 1.05. The average molecular weight is 298 g/mol. The molecule has 1 aromatic heterocycles. The van der Waals surface area contributed by atoms with Crippen LogP contribution < -0.4 is 15.4 Å². The molecule has 1 aliphatic rings. The van der Waals surface area contributed by atoms with Crippen LogP contribution in [0, 0.1) is 5.92 Å². The largest absolute Gasteiger partial charge is 0.484 e. The van der Waals surface area contributed by atoms with E-state index in [2.05, 4.69) is 28.3 Å². The Labute approximate surface area is 125 Å². The van der Waals surface area contributed by atoms with Crippen molar-refractivity contribution in [2.24, 2.45) is 5.92 Å². The lowest BCUT2D eigenvalue weighted by Crippen LogP contribution is -2.35. The number of nitrogens with two attached hydrogens (primary N) is 1. The molecule has 0 unspecified atom stereocenters. The zero-order valence-electron chi connectivity index (χ0n) is 12.9. The molecule has 1 saturated heterocycles. The topological polar surface area (TPSA) is 54.6 Å². The number of nitrogen functional groups attached to an aromatic ring is 1. The van der Waals surface area contributed by atoms with E-state index < -0.39 is 0 Å². The van der Waals surface area contributed by atoms with Crippen molar-refractivity contribution in [3.8, 4) is 5.75 Å². The number of likely N-dealkylation sites (tertiary alicyclic amines) is 1. The first-order valence-corrected chi connectivity index (χ1v) is 8.06. The van der Waals surface area contributed by atoms with E-state index in [1.54, 1.807) is 0 Å². The number of nitrogens with zero attached hydrogens (tertiary/aromatic N) is 3. The zero-order chi connectivity index (χ0) is 14.7. The molecule has 0 aromatic carbocycles. The van der Waals surface area contributed by atoms with Gasteiger partial charge in [0.1, 0.15) is 0 Å². The lowest BCUT2D eigenvalue weighted by atomic mass is 9.97. The average Bonchev–Trinajstić information content (AvgIpc) is 2.73. The summed E-state index contributed by atoms with van der Waals surface area (Å²) in [6, 6.07) is 0. The van der Waals surface area contributed by atoms with Gasteiger partial charge in [0, 0.05) is 13.6 Å². The molecular weight excluding hydrogens is 272 g/mol. The number of hydrogen-bond donors (Lipinski definition) is 1. The molecule has 0 bridgehead atoms. The summed E-state index contributed by atoms with van der Waals surface area (Å²) < 4.78 is 10.1. The molecule has 1 fully saturated rings. The minimum atomic E-state index is 0.115. The number of piperidine rings is 1. The van der Waals surface area contributed by atoms with Crippen molar-refractivity contribution < 1.29 is 4.74 Å². The van der Waals surface area contributed by atoms with E-state index in [-0.39, 0.29) is 6.10 Å². The smallest absolute Gasteiger partial charge is 0.198 e. The molecule has 2 heterocycles. The summed E-state index contributed by atoms with van der Waals surface area (Å²) in [6.45, 7) is 7.46. The minimum absolute atomic E-state index is 0.115. The third kappa shape index (κ3) is 3.76. The molecule has 2 N–H and O–H groups in total. The van der Waals surface area contributed by atoms with Gasteiger partial charge in [0.15, 0.2) is 16.6 Å². The Kier molecular flexibility index (Phi) is 5.10. The van der Waals surface area contributed by atoms with Crippen molar-refractivity contribution in [2.45, 2.75) is 32.8 Å². The van der Waals surface area contributed by atoms with Crippen molar-refractivity contribution in [1.29, 1.82) is 0 Å². The summed E-state index contributed by atoms with van der Waals surface area (Å²) in [6.07, 6.45) is 2.63. The van der Waals surface area contributed by atoms with Crippen molar-refractivity contribution >= 4 is 22.4 Å². The van der Waals surface area contributed by atoms with E-state index in [4.69, 9.17) is 10.5 Å². The van der Waals surface area contributed by atoms with Gasteiger partial charge in [-0.25, -0.2) is 0 Å². The maximum atomic E-state index is 5.92. The first kappa shape index (κ1) is 15.4. The SMILES string of the molecule is CC(C)Oc1c(N)nsc1N(C)CC1CCN(C)CC1. The third-order valence-corrected chi connectivity index (χ3v) is 4.69. The van der Waals surface area contributed by atoms with E-state index in [9.17, 15) is 0 Å². The summed E-state index contributed by atoms with van der Waals surface area (Å²) in [5.74, 6) is 2.00. The lowest BCUT2D eigenvalue weighted by molar-refractivity contribution is 0.221. The molecule has 0 amide bonds. The maximum absolute atomic E-state index is 5.92. The van der Waals surface area contributed by atoms with Crippen LogP contribution in [0.4, 0.5) is 10.8 Å². The van der Waals surface area contributed by atoms with Crippen LogP contribution >= 0.6 is 11.5 Å². The van der Waals surface area contributed by atoms with E-state index >= 15 is 0 Å².